The van der Waals surface area contributed by atoms with Gasteiger partial charge >= 0.3 is 0 Å². The quantitative estimate of drug-likeness (QED) is 0.788. The molecule has 4 nitrogen and oxygen atoms in total. The average molecular weight is 359 g/mol. The van der Waals surface area contributed by atoms with E-state index in [9.17, 15) is 8.42 Å². The fourth-order valence-electron chi connectivity index (χ4n) is 3.23. The predicted octanol–water partition coefficient (Wildman–Crippen LogP) is 3.81. The minimum absolute atomic E-state index is 0.397. The molecule has 0 aromatic heterocycles. The third-order valence-corrected chi connectivity index (χ3v) is 6.55. The zero-order valence-electron chi connectivity index (χ0n) is 14.5. The van der Waals surface area contributed by atoms with Gasteiger partial charge in [0.25, 0.3) is 10.2 Å². The first kappa shape index (κ1) is 18.1. The Morgan fingerprint density at radius 3 is 1.60 bits per heavy atom. The standard InChI is InChI=1S/C20H26N2O2S/c23-25(24,21-15-9-1-2-10-16-21)22(17-19-11-5-3-6-12-19)18-20-13-7-4-8-14-20/h3-8,11-14H,1-2,9-10,15-18H2. The maximum Gasteiger partial charge on any atom is 0.282 e. The predicted molar refractivity (Wildman–Crippen MR) is 101 cm³/mol. The number of benzene rings is 2. The van der Waals surface area contributed by atoms with Gasteiger partial charge in [-0.25, -0.2) is 0 Å². The summed E-state index contributed by atoms with van der Waals surface area (Å²) in [4.78, 5) is 0. The molecule has 1 aliphatic rings. The van der Waals surface area contributed by atoms with Gasteiger partial charge in [-0.05, 0) is 24.0 Å². The maximum atomic E-state index is 13.3. The molecule has 0 N–H and O–H groups in total. The van der Waals surface area contributed by atoms with Gasteiger partial charge in [-0.15, -0.1) is 0 Å². The van der Waals surface area contributed by atoms with Crippen LogP contribution in [0.4, 0.5) is 0 Å². The Bertz CT molecular complexity index is 698. The van der Waals surface area contributed by atoms with Crippen LogP contribution in [0, 0.1) is 0 Å². The monoisotopic (exact) mass is 358 g/mol. The molecule has 0 unspecified atom stereocenters. The van der Waals surface area contributed by atoms with Gasteiger partial charge in [0.1, 0.15) is 0 Å². The molecule has 0 spiro atoms. The lowest BCUT2D eigenvalue weighted by Gasteiger charge is -2.29. The van der Waals surface area contributed by atoms with Crippen LogP contribution in [0.1, 0.15) is 36.8 Å². The fraction of sp³-hybridized carbons (Fsp3) is 0.400. The molecule has 1 saturated heterocycles. The summed E-state index contributed by atoms with van der Waals surface area (Å²) in [5.74, 6) is 0. The summed E-state index contributed by atoms with van der Waals surface area (Å²) < 4.78 is 29.9. The van der Waals surface area contributed by atoms with Crippen LogP contribution < -0.4 is 0 Å². The Kier molecular flexibility index (Phi) is 6.24. The van der Waals surface area contributed by atoms with Crippen molar-refractivity contribution in [1.29, 1.82) is 0 Å². The van der Waals surface area contributed by atoms with E-state index in [0.29, 0.717) is 26.2 Å². The van der Waals surface area contributed by atoms with Crippen LogP contribution in [0.2, 0.25) is 0 Å². The third kappa shape index (κ3) is 4.91. The van der Waals surface area contributed by atoms with Crippen LogP contribution in [-0.2, 0) is 23.3 Å². The number of hydrogen-bond acceptors (Lipinski definition) is 2. The van der Waals surface area contributed by atoms with E-state index in [1.54, 1.807) is 8.61 Å². The zero-order valence-corrected chi connectivity index (χ0v) is 15.4. The Morgan fingerprint density at radius 2 is 1.16 bits per heavy atom. The summed E-state index contributed by atoms with van der Waals surface area (Å²) >= 11 is 0. The Labute approximate surface area is 151 Å². The molecule has 134 valence electrons. The van der Waals surface area contributed by atoms with Gasteiger partial charge in [0.05, 0.1) is 0 Å². The molecule has 2 aromatic rings. The molecule has 0 radical (unpaired) electrons. The normalized spacial score (nSPS) is 16.7. The first-order valence-corrected chi connectivity index (χ1v) is 10.4. The Hall–Kier alpha value is -1.69. The molecule has 2 aromatic carbocycles. The van der Waals surface area contributed by atoms with Crippen molar-refractivity contribution < 1.29 is 8.42 Å². The molecule has 0 atom stereocenters. The van der Waals surface area contributed by atoms with Crippen LogP contribution >= 0.6 is 0 Å². The van der Waals surface area contributed by atoms with Crippen molar-refractivity contribution in [2.45, 2.75) is 38.8 Å². The molecule has 0 amide bonds. The molecular weight excluding hydrogens is 332 g/mol. The second-order valence-corrected chi connectivity index (χ2v) is 8.49. The molecule has 1 aliphatic heterocycles. The molecule has 0 bridgehead atoms. The Balaban J connectivity index is 1.86. The summed E-state index contributed by atoms with van der Waals surface area (Å²) in [5, 5.41) is 0. The van der Waals surface area contributed by atoms with Gasteiger partial charge in [-0.1, -0.05) is 73.5 Å². The SMILES string of the molecule is O=S(=O)(N1CCCCCC1)N(Cc1ccccc1)Cc1ccccc1. The summed E-state index contributed by atoms with van der Waals surface area (Å²) in [6.07, 6.45) is 4.13. The van der Waals surface area contributed by atoms with Gasteiger partial charge in [0, 0.05) is 26.2 Å². The molecular formula is C20H26N2O2S. The molecule has 1 fully saturated rings. The Morgan fingerprint density at radius 1 is 0.720 bits per heavy atom. The lowest BCUT2D eigenvalue weighted by molar-refractivity contribution is 0.331. The number of hydrogen-bond donors (Lipinski definition) is 0. The summed E-state index contributed by atoms with van der Waals surface area (Å²) in [5.41, 5.74) is 2.02. The first-order valence-electron chi connectivity index (χ1n) is 8.99. The van der Waals surface area contributed by atoms with Crippen molar-refractivity contribution in [3.8, 4) is 0 Å². The van der Waals surface area contributed by atoms with E-state index in [-0.39, 0.29) is 0 Å². The van der Waals surface area contributed by atoms with Gasteiger partial charge in [-0.2, -0.15) is 17.0 Å². The second-order valence-electron chi connectivity index (χ2n) is 6.56. The smallest absolute Gasteiger partial charge is 0.195 e. The molecule has 25 heavy (non-hydrogen) atoms. The van der Waals surface area contributed by atoms with Gasteiger partial charge in [0.2, 0.25) is 0 Å². The van der Waals surface area contributed by atoms with E-state index in [1.807, 2.05) is 60.7 Å². The largest absolute Gasteiger partial charge is 0.282 e. The van der Waals surface area contributed by atoms with Gasteiger partial charge in [-0.3, -0.25) is 0 Å². The van der Waals surface area contributed by atoms with E-state index < -0.39 is 10.2 Å². The van der Waals surface area contributed by atoms with E-state index >= 15 is 0 Å². The van der Waals surface area contributed by atoms with Crippen LogP contribution in [0.3, 0.4) is 0 Å². The third-order valence-electron chi connectivity index (χ3n) is 4.62. The molecule has 1 heterocycles. The van der Waals surface area contributed by atoms with E-state index in [0.717, 1.165) is 36.8 Å². The van der Waals surface area contributed by atoms with Gasteiger partial charge < -0.3 is 0 Å². The minimum Gasteiger partial charge on any atom is -0.195 e. The minimum atomic E-state index is -3.48. The topological polar surface area (TPSA) is 40.6 Å². The van der Waals surface area contributed by atoms with Gasteiger partial charge in [0.15, 0.2) is 0 Å². The van der Waals surface area contributed by atoms with Crippen LogP contribution in [0.25, 0.3) is 0 Å². The maximum absolute atomic E-state index is 13.3. The van der Waals surface area contributed by atoms with Crippen LogP contribution in [0.15, 0.2) is 60.7 Å². The zero-order chi connectivity index (χ0) is 17.5. The second kappa shape index (κ2) is 8.61. The van der Waals surface area contributed by atoms with Crippen molar-refractivity contribution in [3.05, 3.63) is 71.8 Å². The van der Waals surface area contributed by atoms with Crippen molar-refractivity contribution in [3.63, 3.8) is 0 Å². The van der Waals surface area contributed by atoms with E-state index in [1.165, 1.54) is 0 Å². The highest BCUT2D eigenvalue weighted by atomic mass is 32.2. The van der Waals surface area contributed by atoms with Crippen LogP contribution in [0.5, 0.6) is 0 Å². The van der Waals surface area contributed by atoms with Crippen molar-refractivity contribution in [1.82, 2.24) is 8.61 Å². The summed E-state index contributed by atoms with van der Waals surface area (Å²) in [6.45, 7) is 2.05. The lowest BCUT2D eigenvalue weighted by atomic mass is 10.2. The van der Waals surface area contributed by atoms with E-state index in [4.69, 9.17) is 0 Å². The number of rotatable bonds is 6. The highest BCUT2D eigenvalue weighted by Gasteiger charge is 2.30. The molecule has 3 rings (SSSR count). The van der Waals surface area contributed by atoms with Crippen molar-refractivity contribution in [2.75, 3.05) is 13.1 Å². The fourth-order valence-corrected chi connectivity index (χ4v) is 4.90. The molecule has 0 aliphatic carbocycles. The summed E-state index contributed by atoms with van der Waals surface area (Å²) in [6, 6.07) is 19.6. The first-order chi connectivity index (χ1) is 12.2. The average Bonchev–Trinajstić information content (AvgIpc) is 2.93. The molecule has 0 saturated carbocycles. The van der Waals surface area contributed by atoms with Crippen LogP contribution in [-0.4, -0.2) is 30.1 Å². The lowest BCUT2D eigenvalue weighted by Crippen LogP contribution is -2.43. The highest BCUT2D eigenvalue weighted by Crippen LogP contribution is 2.21. The number of nitrogens with zero attached hydrogens (tertiary/aromatic N) is 2. The molecule has 5 heteroatoms. The highest BCUT2D eigenvalue weighted by molar-refractivity contribution is 7.86. The van der Waals surface area contributed by atoms with E-state index in [2.05, 4.69) is 0 Å². The van der Waals surface area contributed by atoms with Crippen molar-refractivity contribution >= 4 is 10.2 Å². The van der Waals surface area contributed by atoms with Crippen molar-refractivity contribution in [2.24, 2.45) is 0 Å². The summed E-state index contributed by atoms with van der Waals surface area (Å²) in [7, 11) is -3.48.